The predicted octanol–water partition coefficient (Wildman–Crippen LogP) is 4.04. The Kier molecular flexibility index (Phi) is 11.9. The maximum absolute atomic E-state index is 13.8. The molecule has 6 unspecified atom stereocenters. The number of methoxy groups -OCH3 is 1. The number of rotatable bonds is 11. The highest BCUT2D eigenvalue weighted by molar-refractivity contribution is 6.08. The quantitative estimate of drug-likeness (QED) is 0.119. The molecule has 7 N–H and O–H groups in total. The second-order valence-corrected chi connectivity index (χ2v) is 16.9. The van der Waals surface area contributed by atoms with Gasteiger partial charge in [-0.15, -0.1) is 0 Å². The summed E-state index contributed by atoms with van der Waals surface area (Å²) in [5.74, 6) is 0.0462. The maximum atomic E-state index is 13.8. The van der Waals surface area contributed by atoms with Crippen molar-refractivity contribution in [2.24, 2.45) is 17.8 Å². The Morgan fingerprint density at radius 1 is 1.00 bits per heavy atom. The number of imide groups is 1. The molecule has 2 aromatic carbocycles. The fourth-order valence-electron chi connectivity index (χ4n) is 9.54. The van der Waals surface area contributed by atoms with Gasteiger partial charge in [0.15, 0.2) is 11.5 Å². The maximum Gasteiger partial charge on any atom is 0.416 e. The zero-order chi connectivity index (χ0) is 43.3. The van der Waals surface area contributed by atoms with Crippen molar-refractivity contribution >= 4 is 34.2 Å². The fourth-order valence-corrected chi connectivity index (χ4v) is 9.54. The van der Waals surface area contributed by atoms with Crippen LogP contribution in [-0.2, 0) is 15.8 Å². The SMILES string of the molecule is COc1cc2nc(C)nc(N[C@H](C)c3cc(N)cc(C(F)(F)F)c3)c2cc1O[C@H]1CCN(C(O)CC2CCN(C3=CC=CC4C(=O)N(C5CCC(O)NC5O)C(=O)C34)CC2)C1. The lowest BCUT2D eigenvalue weighted by Crippen LogP contribution is -2.58. The van der Waals surface area contributed by atoms with Crippen LogP contribution in [-0.4, -0.2) is 116 Å². The molecule has 1 aliphatic carbocycles. The highest BCUT2D eigenvalue weighted by Crippen LogP contribution is 2.42. The Bertz CT molecular complexity index is 2220. The molecule has 4 aliphatic heterocycles. The van der Waals surface area contributed by atoms with E-state index in [1.165, 1.54) is 18.1 Å². The fraction of sp³-hybridized carbons (Fsp3) is 0.535. The summed E-state index contributed by atoms with van der Waals surface area (Å²) in [7, 11) is 1.53. The molecule has 2 amide bonds. The van der Waals surface area contributed by atoms with E-state index < -0.39 is 54.3 Å². The monoisotopic (exact) mass is 850 g/mol. The number of allylic oxidation sites excluding steroid dienone is 2. The smallest absolute Gasteiger partial charge is 0.416 e. The van der Waals surface area contributed by atoms with Crippen LogP contribution in [0.1, 0.15) is 68.4 Å². The second kappa shape index (κ2) is 17.0. The molecule has 3 aromatic rings. The van der Waals surface area contributed by atoms with Crippen molar-refractivity contribution in [3.63, 3.8) is 0 Å². The Morgan fingerprint density at radius 3 is 2.49 bits per heavy atom. The first-order chi connectivity index (χ1) is 29.1. The van der Waals surface area contributed by atoms with Crippen LogP contribution in [0, 0.1) is 24.7 Å². The van der Waals surface area contributed by atoms with Crippen LogP contribution in [0.3, 0.4) is 0 Å². The van der Waals surface area contributed by atoms with Gasteiger partial charge in [0, 0.05) is 49.0 Å². The number of benzene rings is 2. The third kappa shape index (κ3) is 8.73. The Balaban J connectivity index is 0.879. The van der Waals surface area contributed by atoms with Crippen molar-refractivity contribution in [2.75, 3.05) is 44.3 Å². The van der Waals surface area contributed by atoms with Gasteiger partial charge >= 0.3 is 6.18 Å². The molecule has 0 spiro atoms. The number of piperidine rings is 2. The largest absolute Gasteiger partial charge is 0.493 e. The zero-order valence-electron chi connectivity index (χ0n) is 34.3. The molecule has 5 heterocycles. The molecule has 0 bridgehead atoms. The number of carbonyl (C=O) groups is 2. The van der Waals surface area contributed by atoms with Crippen LogP contribution in [0.4, 0.5) is 24.7 Å². The average Bonchev–Trinajstić information content (AvgIpc) is 3.79. The normalized spacial score (nSPS) is 27.3. The second-order valence-electron chi connectivity index (χ2n) is 16.9. The predicted molar refractivity (Wildman–Crippen MR) is 218 cm³/mol. The molecule has 1 aromatic heterocycles. The number of ether oxygens (including phenoxy) is 2. The number of carbonyl (C=O) groups excluding carboxylic acids is 2. The van der Waals surface area contributed by atoms with E-state index in [0.717, 1.165) is 30.7 Å². The van der Waals surface area contributed by atoms with E-state index >= 15 is 0 Å². The lowest BCUT2D eigenvalue weighted by Gasteiger charge is -2.39. The number of alkyl halides is 3. The van der Waals surface area contributed by atoms with Gasteiger partial charge in [0.1, 0.15) is 36.4 Å². The summed E-state index contributed by atoms with van der Waals surface area (Å²) < 4.78 is 52.9. The van der Waals surface area contributed by atoms with Crippen LogP contribution in [0.15, 0.2) is 54.3 Å². The highest BCUT2D eigenvalue weighted by atomic mass is 19.4. The first-order valence-corrected chi connectivity index (χ1v) is 20.9. The molecule has 4 saturated heterocycles. The van der Waals surface area contributed by atoms with Gasteiger partial charge in [0.2, 0.25) is 11.8 Å². The Hall–Kier alpha value is -5.01. The topological polar surface area (TPSA) is 199 Å². The number of hydrogen-bond donors (Lipinski definition) is 6. The molecule has 61 heavy (non-hydrogen) atoms. The molecular weight excluding hydrogens is 798 g/mol. The highest BCUT2D eigenvalue weighted by Gasteiger charge is 2.54. The summed E-state index contributed by atoms with van der Waals surface area (Å²) in [5.41, 5.74) is 6.72. The van der Waals surface area contributed by atoms with Gasteiger partial charge in [-0.1, -0.05) is 12.2 Å². The number of halogens is 3. The van der Waals surface area contributed by atoms with Crippen molar-refractivity contribution in [1.82, 2.24) is 30.0 Å². The molecule has 8 rings (SSSR count). The van der Waals surface area contributed by atoms with Crippen molar-refractivity contribution in [2.45, 2.75) is 95.4 Å². The molecular formula is C43H53F3N8O7. The summed E-state index contributed by atoms with van der Waals surface area (Å²) in [4.78, 5) is 41.8. The number of aliphatic hydroxyl groups is 3. The van der Waals surface area contributed by atoms with Crippen LogP contribution < -0.4 is 25.8 Å². The number of fused-ring (bicyclic) bond motifs is 2. The molecule has 8 atom stereocenters. The van der Waals surface area contributed by atoms with E-state index in [9.17, 15) is 38.1 Å². The molecule has 18 heteroatoms. The minimum absolute atomic E-state index is 0.00127. The van der Waals surface area contributed by atoms with Gasteiger partial charge < -0.3 is 40.7 Å². The third-order valence-electron chi connectivity index (χ3n) is 12.8. The van der Waals surface area contributed by atoms with E-state index in [4.69, 9.17) is 15.2 Å². The van der Waals surface area contributed by atoms with E-state index in [-0.39, 0.29) is 29.5 Å². The first kappa shape index (κ1) is 42.7. The standard InChI is InChI=1S/C43H53F3N8O7/c1-22(25-16-26(43(44,45)46)18-27(47)17-25)48-39-30-19-35(34(60-3)20-31(30)49-23(2)50-39)61-28-11-14-53(21-28)37(56)15-24-9-12-52(13-10-24)32-6-4-5-29-38(32)42(59)54(41(29)58)33-7-8-36(55)51-40(33)57/h4-6,16-20,22,24,28-29,33,36-38,40,51,55-57H,7-15,21,47H2,1-3H3,(H,48,49,50)/t22-,28+,29?,33?,36?,37?,38?,40?/m1/s1. The number of aliphatic hydroxyl groups excluding tert-OH is 3. The Labute approximate surface area is 351 Å². The number of hydrogen-bond acceptors (Lipinski definition) is 14. The van der Waals surface area contributed by atoms with Gasteiger partial charge in [-0.25, -0.2) is 9.97 Å². The molecule has 0 radical (unpaired) electrons. The van der Waals surface area contributed by atoms with E-state index in [1.807, 2.05) is 17.1 Å². The number of amides is 2. The van der Waals surface area contributed by atoms with Crippen LogP contribution in [0.25, 0.3) is 10.9 Å². The number of nitrogens with one attached hydrogen (secondary N) is 2. The van der Waals surface area contributed by atoms with Crippen molar-refractivity contribution in [1.29, 1.82) is 0 Å². The molecule has 4 fully saturated rings. The molecule has 5 aliphatic rings. The summed E-state index contributed by atoms with van der Waals surface area (Å²) >= 11 is 0. The summed E-state index contributed by atoms with van der Waals surface area (Å²) in [5, 5.41) is 38.4. The van der Waals surface area contributed by atoms with Gasteiger partial charge in [-0.2, -0.15) is 13.2 Å². The molecule has 328 valence electrons. The number of aryl methyl sites for hydroxylation is 1. The van der Waals surface area contributed by atoms with Gasteiger partial charge in [0.05, 0.1) is 42.1 Å². The number of nitrogen functional groups attached to an aromatic ring is 1. The van der Waals surface area contributed by atoms with Gasteiger partial charge in [-0.05, 0) is 94.2 Å². The van der Waals surface area contributed by atoms with Crippen LogP contribution >= 0.6 is 0 Å². The lowest BCUT2D eigenvalue weighted by molar-refractivity contribution is -0.149. The molecule has 15 nitrogen and oxygen atoms in total. The lowest BCUT2D eigenvalue weighted by atomic mass is 9.85. The number of aromatic nitrogens is 2. The minimum atomic E-state index is -4.55. The van der Waals surface area contributed by atoms with Crippen molar-refractivity contribution in [3.8, 4) is 11.5 Å². The number of anilines is 2. The van der Waals surface area contributed by atoms with E-state index in [1.54, 1.807) is 32.1 Å². The zero-order valence-corrected chi connectivity index (χ0v) is 34.3. The third-order valence-corrected chi connectivity index (χ3v) is 12.8. The van der Waals surface area contributed by atoms with E-state index in [0.29, 0.717) is 91.5 Å². The number of nitrogens with two attached hydrogens (primary N) is 1. The van der Waals surface area contributed by atoms with E-state index in [2.05, 4.69) is 25.5 Å². The van der Waals surface area contributed by atoms with Gasteiger partial charge in [0.25, 0.3) is 0 Å². The van der Waals surface area contributed by atoms with Crippen LogP contribution in [0.5, 0.6) is 11.5 Å². The average molecular weight is 851 g/mol. The van der Waals surface area contributed by atoms with Crippen molar-refractivity contribution in [3.05, 3.63) is 71.2 Å². The number of nitrogens with zero attached hydrogens (tertiary/aromatic N) is 5. The van der Waals surface area contributed by atoms with Crippen molar-refractivity contribution < 1.29 is 47.6 Å². The first-order valence-electron chi connectivity index (χ1n) is 20.9. The summed E-state index contributed by atoms with van der Waals surface area (Å²) in [6.45, 7) is 5.88. The van der Waals surface area contributed by atoms with Gasteiger partial charge in [-0.3, -0.25) is 24.7 Å². The summed E-state index contributed by atoms with van der Waals surface area (Å²) in [6, 6.07) is 5.65. The van der Waals surface area contributed by atoms with Crippen LogP contribution in [0.2, 0.25) is 0 Å². The summed E-state index contributed by atoms with van der Waals surface area (Å²) in [6.07, 6.45) is 1.33. The Morgan fingerprint density at radius 2 is 1.77 bits per heavy atom. The molecule has 0 saturated carbocycles. The number of likely N-dealkylation sites (tertiary alicyclic amines) is 3. The minimum Gasteiger partial charge on any atom is -0.493 e.